The molecule has 0 N–H and O–H groups in total. The van der Waals surface area contributed by atoms with Crippen LogP contribution in [-0.4, -0.2) is 30.9 Å². The van der Waals surface area contributed by atoms with Crippen molar-refractivity contribution in [2.75, 3.05) is 0 Å². The van der Waals surface area contributed by atoms with E-state index in [4.69, 9.17) is 21.4 Å². The highest BCUT2D eigenvalue weighted by molar-refractivity contribution is 6.32. The fourth-order valence-corrected chi connectivity index (χ4v) is 3.39. The van der Waals surface area contributed by atoms with Gasteiger partial charge in [0.1, 0.15) is 5.60 Å². The number of nitrogens with zero attached hydrogens (tertiary/aromatic N) is 4. The van der Waals surface area contributed by atoms with Gasteiger partial charge in [-0.25, -0.2) is 4.68 Å². The number of hydrogen-bond donors (Lipinski definition) is 0. The van der Waals surface area contributed by atoms with Crippen LogP contribution >= 0.6 is 11.6 Å². The van der Waals surface area contributed by atoms with Gasteiger partial charge in [0.2, 0.25) is 0 Å². The highest BCUT2D eigenvalue weighted by Crippen LogP contribution is 2.30. The Hall–Kier alpha value is -2.96. The molecule has 7 heteroatoms. The molecule has 0 aliphatic rings. The first kappa shape index (κ1) is 20.3. The summed E-state index contributed by atoms with van der Waals surface area (Å²) in [6, 6.07) is 15.7. The van der Waals surface area contributed by atoms with Crippen LogP contribution in [0, 0.1) is 0 Å². The summed E-state index contributed by atoms with van der Waals surface area (Å²) in [6.07, 6.45) is 1.84. The van der Waals surface area contributed by atoms with Gasteiger partial charge < -0.3 is 4.74 Å². The Morgan fingerprint density at radius 3 is 2.67 bits per heavy atom. The summed E-state index contributed by atoms with van der Waals surface area (Å²) in [4.78, 5) is 11.8. The number of Topliss-reactive ketones (excluding diaryl/α,β-unsaturated/α-hetero) is 1. The SMILES string of the molecule is CC(=O)C(C)(C)OCc1cc(-c2ccc3cnn(C)c3c2)n(-c2ccccc2Cl)n1. The van der Waals surface area contributed by atoms with Crippen molar-refractivity contribution in [3.8, 4) is 16.9 Å². The zero-order valence-electron chi connectivity index (χ0n) is 17.4. The van der Waals surface area contributed by atoms with Crippen LogP contribution < -0.4 is 0 Å². The van der Waals surface area contributed by atoms with E-state index in [2.05, 4.69) is 11.2 Å². The predicted molar refractivity (Wildman–Crippen MR) is 118 cm³/mol. The number of carbonyl (C=O) groups excluding carboxylic acids is 1. The molecule has 0 unspecified atom stereocenters. The molecule has 0 fully saturated rings. The summed E-state index contributed by atoms with van der Waals surface area (Å²) < 4.78 is 9.51. The molecule has 2 aromatic heterocycles. The van der Waals surface area contributed by atoms with E-state index in [9.17, 15) is 4.79 Å². The van der Waals surface area contributed by atoms with Gasteiger partial charge in [0, 0.05) is 18.0 Å². The number of carbonyl (C=O) groups is 1. The van der Waals surface area contributed by atoms with Crippen molar-refractivity contribution in [2.45, 2.75) is 33.0 Å². The molecule has 6 nitrogen and oxygen atoms in total. The zero-order valence-corrected chi connectivity index (χ0v) is 18.1. The van der Waals surface area contributed by atoms with Crippen LogP contribution in [0.2, 0.25) is 5.02 Å². The molecular formula is C23H23ClN4O2. The lowest BCUT2D eigenvalue weighted by molar-refractivity contribution is -0.139. The van der Waals surface area contributed by atoms with Gasteiger partial charge in [-0.1, -0.05) is 35.9 Å². The second-order valence-electron chi connectivity index (χ2n) is 7.78. The van der Waals surface area contributed by atoms with Crippen molar-refractivity contribution < 1.29 is 9.53 Å². The molecule has 2 aromatic carbocycles. The van der Waals surface area contributed by atoms with Crippen molar-refractivity contribution in [2.24, 2.45) is 7.05 Å². The van der Waals surface area contributed by atoms with Crippen molar-refractivity contribution in [1.82, 2.24) is 19.6 Å². The third kappa shape index (κ3) is 3.76. The van der Waals surface area contributed by atoms with Crippen LogP contribution in [0.25, 0.3) is 27.8 Å². The monoisotopic (exact) mass is 422 g/mol. The molecule has 2 heterocycles. The number of benzene rings is 2. The minimum absolute atomic E-state index is 0.0325. The molecule has 0 spiro atoms. The molecule has 4 aromatic rings. The predicted octanol–water partition coefficient (Wildman–Crippen LogP) is 4.96. The van der Waals surface area contributed by atoms with Gasteiger partial charge in [0.05, 0.1) is 40.4 Å². The molecule has 0 bridgehead atoms. The highest BCUT2D eigenvalue weighted by Gasteiger charge is 2.25. The molecule has 154 valence electrons. The first-order valence-electron chi connectivity index (χ1n) is 9.67. The van der Waals surface area contributed by atoms with Crippen LogP contribution in [0.1, 0.15) is 26.5 Å². The quantitative estimate of drug-likeness (QED) is 0.440. The fourth-order valence-electron chi connectivity index (χ4n) is 3.17. The maximum absolute atomic E-state index is 11.8. The lowest BCUT2D eigenvalue weighted by atomic mass is 10.1. The Labute approximate surface area is 180 Å². The summed E-state index contributed by atoms with van der Waals surface area (Å²) in [6.45, 7) is 5.26. The molecule has 0 saturated carbocycles. The Kier molecular flexibility index (Phi) is 5.22. The van der Waals surface area contributed by atoms with Crippen molar-refractivity contribution >= 4 is 28.3 Å². The van der Waals surface area contributed by atoms with Crippen LogP contribution in [0.5, 0.6) is 0 Å². The molecule has 0 radical (unpaired) electrons. The number of rotatable bonds is 6. The lowest BCUT2D eigenvalue weighted by Gasteiger charge is -2.21. The van der Waals surface area contributed by atoms with Crippen LogP contribution in [0.4, 0.5) is 0 Å². The second-order valence-corrected chi connectivity index (χ2v) is 8.19. The lowest BCUT2D eigenvalue weighted by Crippen LogP contribution is -2.32. The largest absolute Gasteiger partial charge is 0.361 e. The Bertz CT molecular complexity index is 1240. The Morgan fingerprint density at radius 1 is 1.17 bits per heavy atom. The molecule has 30 heavy (non-hydrogen) atoms. The smallest absolute Gasteiger partial charge is 0.161 e. The van der Waals surface area contributed by atoms with Crippen LogP contribution in [-0.2, 0) is 23.2 Å². The van der Waals surface area contributed by atoms with E-state index in [-0.39, 0.29) is 12.4 Å². The van der Waals surface area contributed by atoms with Crippen molar-refractivity contribution in [3.05, 3.63) is 65.4 Å². The number of aromatic nitrogens is 4. The van der Waals surface area contributed by atoms with Crippen molar-refractivity contribution in [1.29, 1.82) is 0 Å². The third-order valence-electron chi connectivity index (χ3n) is 5.31. The average Bonchev–Trinajstić information content (AvgIpc) is 3.30. The molecular weight excluding hydrogens is 400 g/mol. The molecule has 0 amide bonds. The van der Waals surface area contributed by atoms with Crippen LogP contribution in [0.15, 0.2) is 54.7 Å². The average molecular weight is 423 g/mol. The number of aryl methyl sites for hydroxylation is 1. The maximum atomic E-state index is 11.8. The number of fused-ring (bicyclic) bond motifs is 1. The topological polar surface area (TPSA) is 61.9 Å². The number of hydrogen-bond acceptors (Lipinski definition) is 4. The zero-order chi connectivity index (χ0) is 21.5. The van der Waals surface area contributed by atoms with E-state index in [1.807, 2.05) is 65.1 Å². The number of halogens is 1. The summed E-state index contributed by atoms with van der Waals surface area (Å²) >= 11 is 6.47. The Balaban J connectivity index is 1.81. The van der Waals surface area contributed by atoms with Gasteiger partial charge in [-0.05, 0) is 45.0 Å². The first-order valence-corrected chi connectivity index (χ1v) is 10.0. The molecule has 0 saturated heterocycles. The van der Waals surface area contributed by atoms with Crippen molar-refractivity contribution in [3.63, 3.8) is 0 Å². The number of para-hydroxylation sites is 1. The Morgan fingerprint density at radius 2 is 1.93 bits per heavy atom. The highest BCUT2D eigenvalue weighted by atomic mass is 35.5. The molecule has 4 rings (SSSR count). The third-order valence-corrected chi connectivity index (χ3v) is 5.63. The van der Waals surface area contributed by atoms with Gasteiger partial charge in [-0.3, -0.25) is 9.48 Å². The van der Waals surface area contributed by atoms with Gasteiger partial charge in [-0.2, -0.15) is 10.2 Å². The van der Waals surface area contributed by atoms with Gasteiger partial charge in [0.25, 0.3) is 0 Å². The second kappa shape index (κ2) is 7.70. The van der Waals surface area contributed by atoms with Gasteiger partial charge in [-0.15, -0.1) is 0 Å². The minimum atomic E-state index is -0.873. The standard InChI is InChI=1S/C23H23ClN4O2/c1-15(29)23(2,3)30-14-18-12-22(28(26-18)20-8-6-5-7-19(20)24)16-9-10-17-13-25-27(4)21(17)11-16/h5-13H,14H2,1-4H3. The van der Waals surface area contributed by atoms with E-state index in [0.29, 0.717) is 10.7 Å². The number of ketones is 1. The van der Waals surface area contributed by atoms with Gasteiger partial charge >= 0.3 is 0 Å². The van der Waals surface area contributed by atoms with E-state index < -0.39 is 5.60 Å². The molecule has 0 aliphatic heterocycles. The van der Waals surface area contributed by atoms with E-state index >= 15 is 0 Å². The molecule has 0 aliphatic carbocycles. The van der Waals surface area contributed by atoms with Gasteiger partial charge in [0.15, 0.2) is 5.78 Å². The molecule has 0 atom stereocenters. The van der Waals surface area contributed by atoms with E-state index in [1.165, 1.54) is 6.92 Å². The summed E-state index contributed by atoms with van der Waals surface area (Å²) in [7, 11) is 1.92. The summed E-state index contributed by atoms with van der Waals surface area (Å²) in [5.41, 5.74) is 3.50. The normalized spacial score (nSPS) is 11.9. The van der Waals surface area contributed by atoms with E-state index in [1.54, 1.807) is 13.8 Å². The van der Waals surface area contributed by atoms with Crippen LogP contribution in [0.3, 0.4) is 0 Å². The van der Waals surface area contributed by atoms with E-state index in [0.717, 1.165) is 27.8 Å². The summed E-state index contributed by atoms with van der Waals surface area (Å²) in [5.74, 6) is -0.0325. The first-order chi connectivity index (χ1) is 14.3. The minimum Gasteiger partial charge on any atom is -0.361 e. The number of ether oxygens (including phenoxy) is 1. The maximum Gasteiger partial charge on any atom is 0.161 e. The summed E-state index contributed by atoms with van der Waals surface area (Å²) in [5, 5.41) is 10.7. The fraction of sp³-hybridized carbons (Fsp3) is 0.261.